The molecule has 1 radical (unpaired) electrons. The van der Waals surface area contributed by atoms with E-state index in [1.165, 1.54) is 18.4 Å². The molecule has 0 amide bonds. The van der Waals surface area contributed by atoms with Gasteiger partial charge in [0.25, 0.3) is 0 Å². The molecule has 0 bridgehead atoms. The quantitative estimate of drug-likeness (QED) is 0.677. The lowest BCUT2D eigenvalue weighted by Gasteiger charge is -1.90. The molecule has 10 heavy (non-hydrogen) atoms. The van der Waals surface area contributed by atoms with Gasteiger partial charge >= 0.3 is 5.97 Å². The van der Waals surface area contributed by atoms with E-state index >= 15 is 0 Å². The Hall–Kier alpha value is -0.350. The molecule has 0 aromatic carbocycles. The maximum atomic E-state index is 10.8. The molecule has 0 aliphatic carbocycles. The zero-order valence-corrected chi connectivity index (χ0v) is 7.58. The largest absolute Gasteiger partial charge is 0.465 e. The summed E-state index contributed by atoms with van der Waals surface area (Å²) in [5.41, 5.74) is 0.472. The van der Waals surface area contributed by atoms with Gasteiger partial charge in [-0.25, -0.2) is 4.79 Å². The second-order valence-electron chi connectivity index (χ2n) is 1.56. The number of ether oxygens (including phenoxy) is 1. The molecule has 0 fully saturated rings. The molecule has 0 aliphatic rings. The highest BCUT2D eigenvalue weighted by atomic mass is 79.9. The van der Waals surface area contributed by atoms with Crippen LogP contribution in [-0.4, -0.2) is 13.1 Å². The summed E-state index contributed by atoms with van der Waals surface area (Å²) in [5.74, 6) is -0.345. The summed E-state index contributed by atoms with van der Waals surface area (Å²) in [4.78, 5) is 10.8. The fraction of sp³-hybridized carbons (Fsp3) is 0.167. The van der Waals surface area contributed by atoms with Crippen molar-refractivity contribution >= 4 is 33.2 Å². The van der Waals surface area contributed by atoms with Crippen molar-refractivity contribution in [2.45, 2.75) is 0 Å². The number of halogens is 1. The van der Waals surface area contributed by atoms with E-state index in [1.807, 2.05) is 0 Å². The van der Waals surface area contributed by atoms with Gasteiger partial charge in [0.2, 0.25) is 0 Å². The Morgan fingerprint density at radius 2 is 2.60 bits per heavy atom. The summed E-state index contributed by atoms with van der Waals surface area (Å²) in [7, 11) is 1.35. The van der Waals surface area contributed by atoms with Crippen LogP contribution in [0.2, 0.25) is 0 Å². The minimum Gasteiger partial charge on any atom is -0.465 e. The Morgan fingerprint density at radius 3 is 3.00 bits per heavy atom. The minimum atomic E-state index is -0.345. The van der Waals surface area contributed by atoms with Crippen LogP contribution in [0, 0.1) is 5.38 Å². The van der Waals surface area contributed by atoms with Gasteiger partial charge in [0.1, 0.15) is 0 Å². The molecule has 0 atom stereocenters. The number of esters is 1. The van der Waals surface area contributed by atoms with Crippen molar-refractivity contribution in [1.82, 2.24) is 0 Å². The Kier molecular flexibility index (Phi) is 2.45. The van der Waals surface area contributed by atoms with Crippen LogP contribution in [0.5, 0.6) is 0 Å². The van der Waals surface area contributed by atoms with Crippen LogP contribution < -0.4 is 0 Å². The molecular weight excluding hydrogens is 216 g/mol. The standard InChI is InChI=1S/C6H4BrO2S/c1-9-6(8)4-2-5(7)10-3-4/h2H,1H3. The monoisotopic (exact) mass is 219 g/mol. The number of rotatable bonds is 1. The molecule has 0 aliphatic heterocycles. The van der Waals surface area contributed by atoms with E-state index in [-0.39, 0.29) is 5.97 Å². The van der Waals surface area contributed by atoms with E-state index in [1.54, 1.807) is 6.07 Å². The lowest BCUT2D eigenvalue weighted by atomic mass is 10.4. The summed E-state index contributed by atoms with van der Waals surface area (Å²) in [5, 5.41) is 2.78. The first-order valence-electron chi connectivity index (χ1n) is 2.49. The molecule has 0 N–H and O–H groups in total. The average molecular weight is 220 g/mol. The van der Waals surface area contributed by atoms with Gasteiger partial charge in [-0.05, 0) is 22.0 Å². The van der Waals surface area contributed by atoms with E-state index in [4.69, 9.17) is 0 Å². The summed E-state index contributed by atoms with van der Waals surface area (Å²) >= 11 is 4.55. The van der Waals surface area contributed by atoms with Gasteiger partial charge in [-0.2, -0.15) is 0 Å². The van der Waals surface area contributed by atoms with Crippen molar-refractivity contribution in [1.29, 1.82) is 0 Å². The molecule has 0 unspecified atom stereocenters. The van der Waals surface area contributed by atoms with Gasteiger partial charge in [-0.3, -0.25) is 0 Å². The first-order chi connectivity index (χ1) is 4.74. The van der Waals surface area contributed by atoms with Gasteiger partial charge in [0.05, 0.1) is 21.8 Å². The van der Waals surface area contributed by atoms with Gasteiger partial charge in [0.15, 0.2) is 0 Å². The highest BCUT2D eigenvalue weighted by Crippen LogP contribution is 2.20. The molecule has 4 heteroatoms. The Balaban J connectivity index is 2.85. The molecular formula is C6H4BrO2S. The second kappa shape index (κ2) is 3.16. The van der Waals surface area contributed by atoms with Gasteiger partial charge in [-0.1, -0.05) is 0 Å². The Bertz CT molecular complexity index is 244. The smallest absolute Gasteiger partial charge is 0.339 e. The minimum absolute atomic E-state index is 0.345. The SMILES string of the molecule is COC(=O)c1[c]sc(Br)c1. The third-order valence-corrected chi connectivity index (χ3v) is 2.27. The van der Waals surface area contributed by atoms with Crippen molar-refractivity contribution in [3.63, 3.8) is 0 Å². The van der Waals surface area contributed by atoms with Crippen LogP contribution in [0.25, 0.3) is 0 Å². The molecule has 0 saturated heterocycles. The van der Waals surface area contributed by atoms with Crippen LogP contribution in [0.4, 0.5) is 0 Å². The third kappa shape index (κ3) is 1.58. The number of methoxy groups -OCH3 is 1. The zero-order valence-electron chi connectivity index (χ0n) is 5.18. The third-order valence-electron chi connectivity index (χ3n) is 0.922. The molecule has 1 rings (SSSR count). The van der Waals surface area contributed by atoms with Crippen LogP contribution in [0.1, 0.15) is 10.4 Å². The van der Waals surface area contributed by atoms with Gasteiger partial charge < -0.3 is 4.74 Å². The highest BCUT2D eigenvalue weighted by Gasteiger charge is 2.06. The lowest BCUT2D eigenvalue weighted by molar-refractivity contribution is 0.0601. The average Bonchev–Trinajstić information content (AvgIpc) is 2.34. The maximum absolute atomic E-state index is 10.8. The van der Waals surface area contributed by atoms with Crippen LogP contribution in [0.15, 0.2) is 9.85 Å². The first-order valence-corrected chi connectivity index (χ1v) is 4.10. The highest BCUT2D eigenvalue weighted by molar-refractivity contribution is 9.11. The molecule has 0 spiro atoms. The number of thiophene rings is 1. The van der Waals surface area contributed by atoms with Crippen molar-refractivity contribution in [3.8, 4) is 0 Å². The van der Waals surface area contributed by atoms with E-state index in [0.717, 1.165) is 3.79 Å². The summed E-state index contributed by atoms with van der Waals surface area (Å²) in [6.45, 7) is 0. The van der Waals surface area contributed by atoms with E-state index < -0.39 is 0 Å². The maximum Gasteiger partial charge on any atom is 0.339 e. The normalized spacial score (nSPS) is 9.40. The molecule has 1 aromatic heterocycles. The number of hydrogen-bond donors (Lipinski definition) is 0. The van der Waals surface area contributed by atoms with E-state index in [2.05, 4.69) is 26.0 Å². The van der Waals surface area contributed by atoms with E-state index in [0.29, 0.717) is 5.56 Å². The van der Waals surface area contributed by atoms with Crippen molar-refractivity contribution in [3.05, 3.63) is 20.8 Å². The zero-order chi connectivity index (χ0) is 7.56. The van der Waals surface area contributed by atoms with Gasteiger partial charge in [-0.15, -0.1) is 11.3 Å². The summed E-state index contributed by atoms with van der Waals surface area (Å²) in [6.07, 6.45) is 0. The topological polar surface area (TPSA) is 26.3 Å². The predicted molar refractivity (Wildman–Crippen MR) is 42.2 cm³/mol. The van der Waals surface area contributed by atoms with Crippen molar-refractivity contribution in [2.75, 3.05) is 7.11 Å². The predicted octanol–water partition coefficient (Wildman–Crippen LogP) is 2.10. The summed E-state index contributed by atoms with van der Waals surface area (Å²) in [6, 6.07) is 1.68. The number of carbonyl (C=O) groups excluding carboxylic acids is 1. The van der Waals surface area contributed by atoms with Crippen LogP contribution >= 0.6 is 27.3 Å². The lowest BCUT2D eigenvalue weighted by Crippen LogP contribution is -1.98. The fourth-order valence-corrected chi connectivity index (χ4v) is 1.48. The van der Waals surface area contributed by atoms with Crippen LogP contribution in [-0.2, 0) is 4.74 Å². The fourth-order valence-electron chi connectivity index (χ4n) is 0.487. The number of carbonyl (C=O) groups is 1. The second-order valence-corrected chi connectivity index (χ2v) is 3.79. The van der Waals surface area contributed by atoms with Crippen molar-refractivity contribution < 1.29 is 9.53 Å². The molecule has 53 valence electrons. The molecule has 1 aromatic rings. The Morgan fingerprint density at radius 1 is 1.90 bits per heavy atom. The molecule has 1 heterocycles. The Labute approximate surface area is 70.9 Å². The first kappa shape index (κ1) is 7.75. The molecule has 0 saturated carbocycles. The molecule has 2 nitrogen and oxygen atoms in total. The van der Waals surface area contributed by atoms with Crippen molar-refractivity contribution in [2.24, 2.45) is 0 Å². The number of hydrogen-bond acceptors (Lipinski definition) is 3. The van der Waals surface area contributed by atoms with Crippen LogP contribution in [0.3, 0.4) is 0 Å². The van der Waals surface area contributed by atoms with E-state index in [9.17, 15) is 4.79 Å². The summed E-state index contributed by atoms with van der Waals surface area (Å²) < 4.78 is 5.35. The van der Waals surface area contributed by atoms with Gasteiger partial charge in [0, 0.05) is 0 Å².